The van der Waals surface area contributed by atoms with Gasteiger partial charge in [-0.2, -0.15) is 0 Å². The van der Waals surface area contributed by atoms with E-state index < -0.39 is 0 Å². The monoisotopic (exact) mass is 221 g/mol. The number of carbonyl (C=O) groups excluding carboxylic acids is 1. The minimum Gasteiger partial charge on any atom is -0.468 e. The molecule has 3 nitrogen and oxygen atoms in total. The lowest BCUT2D eigenvalue weighted by molar-refractivity contribution is -0.142. The van der Waals surface area contributed by atoms with E-state index in [1.165, 1.54) is 18.2 Å². The molecular formula is C13H19NO2. The standard InChI is InChI=1S/C13H19NO2/c1-4-11-7-5-6-8-12(11)9-14-10(2)13(15)16-3/h5-8,10,14H,4,9H2,1-3H3. The molecule has 0 aliphatic heterocycles. The van der Waals surface area contributed by atoms with Crippen LogP contribution in [0.2, 0.25) is 0 Å². The summed E-state index contributed by atoms with van der Waals surface area (Å²) in [5, 5.41) is 3.15. The lowest BCUT2D eigenvalue weighted by atomic mass is 10.1. The maximum Gasteiger partial charge on any atom is 0.322 e. The molecule has 0 radical (unpaired) electrons. The van der Waals surface area contributed by atoms with Gasteiger partial charge in [-0.25, -0.2) is 0 Å². The minimum atomic E-state index is -0.269. The van der Waals surface area contributed by atoms with Crippen LogP contribution < -0.4 is 5.32 Å². The quantitative estimate of drug-likeness (QED) is 0.772. The highest BCUT2D eigenvalue weighted by molar-refractivity contribution is 5.75. The second kappa shape index (κ2) is 6.28. The fourth-order valence-electron chi connectivity index (χ4n) is 1.60. The van der Waals surface area contributed by atoms with E-state index in [1.54, 1.807) is 6.92 Å². The molecule has 0 aromatic heterocycles. The lowest BCUT2D eigenvalue weighted by Crippen LogP contribution is -2.34. The Labute approximate surface area is 96.8 Å². The van der Waals surface area contributed by atoms with Crippen molar-refractivity contribution in [3.63, 3.8) is 0 Å². The Balaban J connectivity index is 2.57. The third-order valence-electron chi connectivity index (χ3n) is 2.65. The van der Waals surface area contributed by atoms with Gasteiger partial charge in [-0.1, -0.05) is 31.2 Å². The molecule has 0 aliphatic rings. The summed E-state index contributed by atoms with van der Waals surface area (Å²) < 4.78 is 4.66. The molecule has 0 bridgehead atoms. The van der Waals surface area contributed by atoms with E-state index in [9.17, 15) is 4.79 Å². The molecule has 0 spiro atoms. The SMILES string of the molecule is CCc1ccccc1CNC(C)C(=O)OC. The average Bonchev–Trinajstić information content (AvgIpc) is 2.35. The van der Waals surface area contributed by atoms with Crippen molar-refractivity contribution in [1.82, 2.24) is 5.32 Å². The van der Waals surface area contributed by atoms with E-state index in [-0.39, 0.29) is 12.0 Å². The molecule has 1 atom stereocenters. The smallest absolute Gasteiger partial charge is 0.322 e. The summed E-state index contributed by atoms with van der Waals surface area (Å²) in [4.78, 5) is 11.2. The topological polar surface area (TPSA) is 38.3 Å². The molecule has 0 saturated heterocycles. The number of aryl methyl sites for hydroxylation is 1. The summed E-state index contributed by atoms with van der Waals surface area (Å²) >= 11 is 0. The molecule has 0 amide bonds. The first-order valence-corrected chi connectivity index (χ1v) is 5.57. The molecule has 1 N–H and O–H groups in total. The van der Waals surface area contributed by atoms with Gasteiger partial charge in [0.25, 0.3) is 0 Å². The molecule has 88 valence electrons. The van der Waals surface area contributed by atoms with Gasteiger partial charge in [0.15, 0.2) is 0 Å². The fourth-order valence-corrected chi connectivity index (χ4v) is 1.60. The zero-order chi connectivity index (χ0) is 12.0. The normalized spacial score (nSPS) is 12.2. The van der Waals surface area contributed by atoms with Gasteiger partial charge in [0.05, 0.1) is 7.11 Å². The average molecular weight is 221 g/mol. The van der Waals surface area contributed by atoms with Gasteiger partial charge in [0.2, 0.25) is 0 Å². The first kappa shape index (κ1) is 12.7. The second-order valence-corrected chi connectivity index (χ2v) is 3.75. The molecule has 1 rings (SSSR count). The number of benzene rings is 1. The minimum absolute atomic E-state index is 0.228. The summed E-state index contributed by atoms with van der Waals surface area (Å²) in [5.74, 6) is -0.228. The van der Waals surface area contributed by atoms with Gasteiger partial charge in [0.1, 0.15) is 6.04 Å². The van der Waals surface area contributed by atoms with Gasteiger partial charge in [-0.05, 0) is 24.5 Å². The number of methoxy groups -OCH3 is 1. The zero-order valence-electron chi connectivity index (χ0n) is 10.1. The molecule has 0 heterocycles. The first-order valence-electron chi connectivity index (χ1n) is 5.57. The number of rotatable bonds is 5. The molecule has 0 saturated carbocycles. The Morgan fingerprint density at radius 2 is 2.00 bits per heavy atom. The van der Waals surface area contributed by atoms with Crippen molar-refractivity contribution in [2.45, 2.75) is 32.9 Å². The Hall–Kier alpha value is -1.35. The summed E-state index contributed by atoms with van der Waals surface area (Å²) in [7, 11) is 1.40. The van der Waals surface area contributed by atoms with Crippen molar-refractivity contribution in [2.75, 3.05) is 7.11 Å². The Bertz CT molecular complexity index is 350. The third-order valence-corrected chi connectivity index (χ3v) is 2.65. The summed E-state index contributed by atoms with van der Waals surface area (Å²) in [6.07, 6.45) is 1.00. The van der Waals surface area contributed by atoms with E-state index in [0.717, 1.165) is 6.42 Å². The second-order valence-electron chi connectivity index (χ2n) is 3.75. The molecular weight excluding hydrogens is 202 g/mol. The van der Waals surface area contributed by atoms with Crippen LogP contribution in [0.15, 0.2) is 24.3 Å². The molecule has 1 unspecified atom stereocenters. The number of ether oxygens (including phenoxy) is 1. The van der Waals surface area contributed by atoms with E-state index in [2.05, 4.69) is 29.1 Å². The molecule has 0 aliphatic carbocycles. The molecule has 3 heteroatoms. The van der Waals surface area contributed by atoms with Crippen molar-refractivity contribution < 1.29 is 9.53 Å². The molecule has 0 fully saturated rings. The number of nitrogens with one attached hydrogen (secondary N) is 1. The van der Waals surface area contributed by atoms with Crippen LogP contribution in [0.1, 0.15) is 25.0 Å². The summed E-state index contributed by atoms with van der Waals surface area (Å²) in [6, 6.07) is 7.97. The number of hydrogen-bond acceptors (Lipinski definition) is 3. The summed E-state index contributed by atoms with van der Waals surface area (Å²) in [6.45, 7) is 4.63. The Kier molecular flexibility index (Phi) is 4.99. The number of carbonyl (C=O) groups is 1. The maximum absolute atomic E-state index is 11.2. The van der Waals surface area contributed by atoms with Crippen LogP contribution in [0.5, 0.6) is 0 Å². The van der Waals surface area contributed by atoms with Gasteiger partial charge in [0, 0.05) is 6.54 Å². The van der Waals surface area contributed by atoms with Crippen molar-refractivity contribution >= 4 is 5.97 Å². The number of esters is 1. The van der Waals surface area contributed by atoms with Crippen molar-refractivity contribution in [2.24, 2.45) is 0 Å². The van der Waals surface area contributed by atoms with E-state index in [4.69, 9.17) is 0 Å². The predicted octanol–water partition coefficient (Wildman–Crippen LogP) is 1.90. The highest BCUT2D eigenvalue weighted by atomic mass is 16.5. The van der Waals surface area contributed by atoms with Gasteiger partial charge in [-0.15, -0.1) is 0 Å². The van der Waals surface area contributed by atoms with Crippen LogP contribution in [0, 0.1) is 0 Å². The van der Waals surface area contributed by atoms with Crippen molar-refractivity contribution in [3.8, 4) is 0 Å². The molecule has 1 aromatic rings. The van der Waals surface area contributed by atoms with Gasteiger partial charge in [-0.3, -0.25) is 4.79 Å². The van der Waals surface area contributed by atoms with Gasteiger partial charge < -0.3 is 10.1 Å². The van der Waals surface area contributed by atoms with Crippen LogP contribution in [0.25, 0.3) is 0 Å². The van der Waals surface area contributed by atoms with Crippen LogP contribution >= 0.6 is 0 Å². The van der Waals surface area contributed by atoms with E-state index >= 15 is 0 Å². The van der Waals surface area contributed by atoms with Crippen molar-refractivity contribution in [3.05, 3.63) is 35.4 Å². The van der Waals surface area contributed by atoms with Crippen molar-refractivity contribution in [1.29, 1.82) is 0 Å². The third kappa shape index (κ3) is 3.35. The Morgan fingerprint density at radius 3 is 2.56 bits per heavy atom. The highest BCUT2D eigenvalue weighted by Gasteiger charge is 2.12. The Morgan fingerprint density at radius 1 is 1.38 bits per heavy atom. The highest BCUT2D eigenvalue weighted by Crippen LogP contribution is 2.09. The fraction of sp³-hybridized carbons (Fsp3) is 0.462. The molecule has 1 aromatic carbocycles. The largest absolute Gasteiger partial charge is 0.468 e. The van der Waals surface area contributed by atoms with Crippen LogP contribution in [0.3, 0.4) is 0 Å². The van der Waals surface area contributed by atoms with E-state index in [0.29, 0.717) is 6.54 Å². The van der Waals surface area contributed by atoms with Crippen LogP contribution in [0.4, 0.5) is 0 Å². The van der Waals surface area contributed by atoms with Crippen LogP contribution in [-0.4, -0.2) is 19.1 Å². The van der Waals surface area contributed by atoms with E-state index in [1.807, 2.05) is 12.1 Å². The first-order chi connectivity index (χ1) is 7.69. The zero-order valence-corrected chi connectivity index (χ0v) is 10.1. The molecule has 16 heavy (non-hydrogen) atoms. The number of hydrogen-bond donors (Lipinski definition) is 1. The lowest BCUT2D eigenvalue weighted by Gasteiger charge is -2.13. The summed E-state index contributed by atoms with van der Waals surface area (Å²) in [5.41, 5.74) is 2.55. The van der Waals surface area contributed by atoms with Crippen LogP contribution in [-0.2, 0) is 22.5 Å². The maximum atomic E-state index is 11.2. The predicted molar refractivity (Wildman–Crippen MR) is 64.1 cm³/mol. The van der Waals surface area contributed by atoms with Gasteiger partial charge >= 0.3 is 5.97 Å².